The molecule has 1 aromatic rings. The molecule has 17 heavy (non-hydrogen) atoms. The lowest BCUT2D eigenvalue weighted by atomic mass is 10.2. The van der Waals surface area contributed by atoms with Crippen LogP contribution in [-0.2, 0) is 10.0 Å². The van der Waals surface area contributed by atoms with Crippen LogP contribution in [0.4, 0.5) is 0 Å². The zero-order valence-corrected chi connectivity index (χ0v) is 10.5. The van der Waals surface area contributed by atoms with Crippen LogP contribution in [0, 0.1) is 0 Å². The lowest BCUT2D eigenvalue weighted by Gasteiger charge is -2.08. The Bertz CT molecular complexity index is 508. The van der Waals surface area contributed by atoms with E-state index in [0.29, 0.717) is 5.56 Å². The van der Waals surface area contributed by atoms with E-state index in [1.807, 2.05) is 0 Å². The van der Waals surface area contributed by atoms with Crippen molar-refractivity contribution in [2.45, 2.75) is 24.8 Å². The number of sulfonamides is 1. The topological polar surface area (TPSA) is 83.5 Å². The number of aliphatic hydroxyl groups excluding tert-OH is 1. The molecule has 94 valence electrons. The summed E-state index contributed by atoms with van der Waals surface area (Å²) in [5, 5.41) is 9.02. The fraction of sp³-hybridized carbons (Fsp3) is 0.364. The van der Waals surface area contributed by atoms with E-state index in [9.17, 15) is 13.2 Å². The molecule has 0 bridgehead atoms. The van der Waals surface area contributed by atoms with Crippen LogP contribution in [0.1, 0.15) is 24.2 Å². The number of carbonyl (C=O) groups excluding carboxylic acids is 1. The quantitative estimate of drug-likeness (QED) is 0.754. The van der Waals surface area contributed by atoms with Crippen molar-refractivity contribution < 1.29 is 18.3 Å². The minimum Gasteiger partial charge on any atom is -0.392 e. The van der Waals surface area contributed by atoms with Crippen molar-refractivity contribution in [3.63, 3.8) is 0 Å². The van der Waals surface area contributed by atoms with Gasteiger partial charge >= 0.3 is 0 Å². The molecule has 0 aromatic heterocycles. The van der Waals surface area contributed by atoms with Gasteiger partial charge < -0.3 is 5.11 Å². The standard InChI is InChI=1S/C11H15NO4S/c1-8(13)7-12-17(15,16)11-5-3-4-10(6-11)9(2)14/h3-6,8,12-13H,7H2,1-2H3/t8-/m0/s1. The Morgan fingerprint density at radius 3 is 2.65 bits per heavy atom. The summed E-state index contributed by atoms with van der Waals surface area (Å²) < 4.78 is 25.8. The summed E-state index contributed by atoms with van der Waals surface area (Å²) in [6.07, 6.45) is -0.763. The van der Waals surface area contributed by atoms with Crippen molar-refractivity contribution in [1.29, 1.82) is 0 Å². The van der Waals surface area contributed by atoms with Crippen LogP contribution >= 0.6 is 0 Å². The first-order valence-corrected chi connectivity index (χ1v) is 6.60. The normalized spacial score (nSPS) is 13.4. The highest BCUT2D eigenvalue weighted by atomic mass is 32.2. The molecule has 0 amide bonds. The summed E-state index contributed by atoms with van der Waals surface area (Å²) in [5.74, 6) is -0.197. The molecule has 2 N–H and O–H groups in total. The Balaban J connectivity index is 2.99. The van der Waals surface area contributed by atoms with Crippen molar-refractivity contribution >= 4 is 15.8 Å². The number of carbonyl (C=O) groups is 1. The zero-order chi connectivity index (χ0) is 13.1. The molecule has 1 rings (SSSR count). The molecule has 0 saturated carbocycles. The number of nitrogens with one attached hydrogen (secondary N) is 1. The predicted molar refractivity (Wildman–Crippen MR) is 63.3 cm³/mol. The second-order valence-corrected chi connectivity index (χ2v) is 5.55. The van der Waals surface area contributed by atoms with Gasteiger partial charge in [0.2, 0.25) is 10.0 Å². The maximum Gasteiger partial charge on any atom is 0.240 e. The average molecular weight is 257 g/mol. The van der Waals surface area contributed by atoms with Gasteiger partial charge in [-0.05, 0) is 26.0 Å². The third-order valence-corrected chi connectivity index (χ3v) is 3.54. The van der Waals surface area contributed by atoms with Crippen molar-refractivity contribution in [1.82, 2.24) is 4.72 Å². The summed E-state index contributed by atoms with van der Waals surface area (Å²) in [6, 6.07) is 5.77. The number of hydrogen-bond acceptors (Lipinski definition) is 4. The van der Waals surface area contributed by atoms with Gasteiger partial charge in [-0.15, -0.1) is 0 Å². The molecule has 0 saturated heterocycles. The Hall–Kier alpha value is -1.24. The maximum absolute atomic E-state index is 11.8. The monoisotopic (exact) mass is 257 g/mol. The van der Waals surface area contributed by atoms with Crippen LogP contribution < -0.4 is 4.72 Å². The third kappa shape index (κ3) is 3.92. The van der Waals surface area contributed by atoms with Crippen LogP contribution in [0.5, 0.6) is 0 Å². The first-order chi connectivity index (χ1) is 7.83. The van der Waals surface area contributed by atoms with Crippen LogP contribution in [-0.4, -0.2) is 32.0 Å². The Morgan fingerprint density at radius 2 is 2.12 bits per heavy atom. The highest BCUT2D eigenvalue weighted by molar-refractivity contribution is 7.89. The lowest BCUT2D eigenvalue weighted by molar-refractivity contribution is 0.101. The molecule has 0 radical (unpaired) electrons. The number of Topliss-reactive ketones (excluding diaryl/α,β-unsaturated/α-hetero) is 1. The van der Waals surface area contributed by atoms with Crippen molar-refractivity contribution in [3.8, 4) is 0 Å². The fourth-order valence-corrected chi connectivity index (χ4v) is 2.36. The van der Waals surface area contributed by atoms with Gasteiger partial charge in [-0.3, -0.25) is 4.79 Å². The van der Waals surface area contributed by atoms with Gasteiger partial charge in [-0.25, -0.2) is 13.1 Å². The molecular formula is C11H15NO4S. The molecule has 1 atom stereocenters. The molecule has 1 aromatic carbocycles. The zero-order valence-electron chi connectivity index (χ0n) is 9.67. The molecular weight excluding hydrogens is 242 g/mol. The minimum atomic E-state index is -3.67. The van der Waals surface area contributed by atoms with E-state index in [2.05, 4.69) is 4.72 Å². The van der Waals surface area contributed by atoms with E-state index < -0.39 is 16.1 Å². The van der Waals surface area contributed by atoms with Crippen molar-refractivity contribution in [2.75, 3.05) is 6.54 Å². The second-order valence-electron chi connectivity index (χ2n) is 3.78. The Labute approximate surface area is 101 Å². The molecule has 0 spiro atoms. The number of ketones is 1. The van der Waals surface area contributed by atoms with Gasteiger partial charge in [0.25, 0.3) is 0 Å². The van der Waals surface area contributed by atoms with Crippen LogP contribution in [0.25, 0.3) is 0 Å². The maximum atomic E-state index is 11.8. The molecule has 0 aliphatic heterocycles. The summed E-state index contributed by atoms with van der Waals surface area (Å²) in [5.41, 5.74) is 0.338. The van der Waals surface area contributed by atoms with Crippen molar-refractivity contribution in [2.24, 2.45) is 0 Å². The number of hydrogen-bond donors (Lipinski definition) is 2. The van der Waals surface area contributed by atoms with E-state index in [-0.39, 0.29) is 17.2 Å². The van der Waals surface area contributed by atoms with Gasteiger partial charge in [-0.1, -0.05) is 12.1 Å². The Morgan fingerprint density at radius 1 is 1.47 bits per heavy atom. The summed E-state index contributed by atoms with van der Waals surface area (Å²) in [4.78, 5) is 11.2. The first-order valence-electron chi connectivity index (χ1n) is 5.11. The van der Waals surface area contributed by atoms with Gasteiger partial charge in [0.05, 0.1) is 11.0 Å². The molecule has 0 unspecified atom stereocenters. The summed E-state index contributed by atoms with van der Waals surface area (Å²) >= 11 is 0. The van der Waals surface area contributed by atoms with Gasteiger partial charge in [-0.2, -0.15) is 0 Å². The SMILES string of the molecule is CC(=O)c1cccc(S(=O)(=O)NC[C@H](C)O)c1. The van der Waals surface area contributed by atoms with E-state index in [4.69, 9.17) is 5.11 Å². The summed E-state index contributed by atoms with van der Waals surface area (Å²) in [6.45, 7) is 2.79. The minimum absolute atomic E-state index is 0.0193. The van der Waals surface area contributed by atoms with Gasteiger partial charge in [0.1, 0.15) is 0 Å². The summed E-state index contributed by atoms with van der Waals surface area (Å²) in [7, 11) is -3.67. The van der Waals surface area contributed by atoms with Crippen molar-refractivity contribution in [3.05, 3.63) is 29.8 Å². The molecule has 0 heterocycles. The van der Waals surface area contributed by atoms with Gasteiger partial charge in [0, 0.05) is 12.1 Å². The predicted octanol–water partition coefficient (Wildman–Crippen LogP) is 0.548. The molecule has 0 aliphatic rings. The van der Waals surface area contributed by atoms with E-state index in [0.717, 1.165) is 0 Å². The molecule has 6 heteroatoms. The van der Waals surface area contributed by atoms with E-state index in [1.54, 1.807) is 6.07 Å². The smallest absolute Gasteiger partial charge is 0.240 e. The second kappa shape index (κ2) is 5.39. The Kier molecular flexibility index (Phi) is 4.39. The van der Waals surface area contributed by atoms with Crippen LogP contribution in [0.15, 0.2) is 29.2 Å². The largest absolute Gasteiger partial charge is 0.392 e. The number of benzene rings is 1. The number of rotatable bonds is 5. The molecule has 0 aliphatic carbocycles. The van der Waals surface area contributed by atoms with Crippen LogP contribution in [0.3, 0.4) is 0 Å². The number of aliphatic hydroxyl groups is 1. The lowest BCUT2D eigenvalue weighted by Crippen LogP contribution is -2.30. The molecule has 0 fully saturated rings. The molecule has 5 nitrogen and oxygen atoms in total. The van der Waals surface area contributed by atoms with E-state index >= 15 is 0 Å². The highest BCUT2D eigenvalue weighted by Crippen LogP contribution is 2.11. The van der Waals surface area contributed by atoms with Crippen LogP contribution in [0.2, 0.25) is 0 Å². The average Bonchev–Trinajstić information content (AvgIpc) is 2.27. The highest BCUT2D eigenvalue weighted by Gasteiger charge is 2.15. The first kappa shape index (κ1) is 13.8. The van der Waals surface area contributed by atoms with E-state index in [1.165, 1.54) is 32.0 Å². The fourth-order valence-electron chi connectivity index (χ4n) is 1.20. The van der Waals surface area contributed by atoms with Gasteiger partial charge in [0.15, 0.2) is 5.78 Å². The third-order valence-electron chi connectivity index (χ3n) is 2.12.